The highest BCUT2D eigenvalue weighted by molar-refractivity contribution is 7.05. The molecule has 0 amide bonds. The lowest BCUT2D eigenvalue weighted by Crippen LogP contribution is -2.40. The molecular weight excluding hydrogens is 308 g/mol. The van der Waals surface area contributed by atoms with Crippen LogP contribution in [0.4, 0.5) is 5.69 Å². The van der Waals surface area contributed by atoms with Crippen LogP contribution < -0.4 is 10.1 Å². The lowest BCUT2D eigenvalue weighted by molar-refractivity contribution is 0.169. The zero-order chi connectivity index (χ0) is 16.2. The summed E-state index contributed by atoms with van der Waals surface area (Å²) in [6, 6.07) is 9.09. The molecule has 23 heavy (non-hydrogen) atoms. The quantitative estimate of drug-likeness (QED) is 0.908. The van der Waals surface area contributed by atoms with Crippen LogP contribution in [0.5, 0.6) is 5.75 Å². The van der Waals surface area contributed by atoms with Crippen LogP contribution in [0.15, 0.2) is 24.3 Å². The van der Waals surface area contributed by atoms with E-state index in [1.807, 2.05) is 19.1 Å². The molecule has 5 nitrogen and oxygen atoms in total. The first-order valence-electron chi connectivity index (χ1n) is 8.11. The molecule has 1 aliphatic rings. The Kier molecular flexibility index (Phi) is 5.13. The summed E-state index contributed by atoms with van der Waals surface area (Å²) in [6.07, 6.45) is 2.29. The number of hydrogen-bond donors (Lipinski definition) is 1. The summed E-state index contributed by atoms with van der Waals surface area (Å²) in [4.78, 5) is 3.83. The average molecular weight is 332 g/mol. The molecule has 1 atom stereocenters. The summed E-state index contributed by atoms with van der Waals surface area (Å²) in [5, 5.41) is 7.77. The molecule has 0 bridgehead atoms. The Balaban J connectivity index is 1.55. The average Bonchev–Trinajstić information content (AvgIpc) is 3.01. The van der Waals surface area contributed by atoms with E-state index in [2.05, 4.69) is 38.9 Å². The van der Waals surface area contributed by atoms with Crippen LogP contribution >= 0.6 is 11.5 Å². The third kappa shape index (κ3) is 3.82. The van der Waals surface area contributed by atoms with Crippen molar-refractivity contribution in [2.75, 3.05) is 25.5 Å². The highest BCUT2D eigenvalue weighted by atomic mass is 32.1. The van der Waals surface area contributed by atoms with Crippen LogP contribution in [-0.2, 0) is 0 Å². The Morgan fingerprint density at radius 1 is 1.35 bits per heavy atom. The number of aryl methyl sites for hydroxylation is 1. The van der Waals surface area contributed by atoms with Gasteiger partial charge in [0.15, 0.2) is 0 Å². The SMILES string of the molecule is COc1cccc(NC2CCN(C(C)c3snnc3C)CC2)c1. The van der Waals surface area contributed by atoms with E-state index in [0.717, 1.165) is 43.1 Å². The molecule has 1 aliphatic heterocycles. The molecule has 1 saturated heterocycles. The second kappa shape index (κ2) is 7.27. The summed E-state index contributed by atoms with van der Waals surface area (Å²) in [6.45, 7) is 6.50. The molecular formula is C17H24N4OS. The summed E-state index contributed by atoms with van der Waals surface area (Å²) in [5.41, 5.74) is 2.21. The number of nitrogens with zero attached hydrogens (tertiary/aromatic N) is 3. The Morgan fingerprint density at radius 2 is 2.13 bits per heavy atom. The molecule has 0 saturated carbocycles. The number of ether oxygens (including phenoxy) is 1. The van der Waals surface area contributed by atoms with E-state index in [0.29, 0.717) is 12.1 Å². The number of rotatable bonds is 5. The summed E-state index contributed by atoms with van der Waals surface area (Å²) < 4.78 is 9.35. The minimum Gasteiger partial charge on any atom is -0.497 e. The summed E-state index contributed by atoms with van der Waals surface area (Å²) in [7, 11) is 1.70. The largest absolute Gasteiger partial charge is 0.497 e. The van der Waals surface area contributed by atoms with Gasteiger partial charge in [0.2, 0.25) is 0 Å². The van der Waals surface area contributed by atoms with E-state index in [4.69, 9.17) is 4.74 Å². The second-order valence-electron chi connectivity index (χ2n) is 6.09. The van der Waals surface area contributed by atoms with Gasteiger partial charge < -0.3 is 10.1 Å². The first kappa shape index (κ1) is 16.2. The van der Waals surface area contributed by atoms with Crippen LogP contribution in [0.3, 0.4) is 0 Å². The third-order valence-corrected chi connectivity index (χ3v) is 5.58. The van der Waals surface area contributed by atoms with Crippen molar-refractivity contribution in [1.29, 1.82) is 0 Å². The monoisotopic (exact) mass is 332 g/mol. The van der Waals surface area contributed by atoms with Gasteiger partial charge in [0.25, 0.3) is 0 Å². The van der Waals surface area contributed by atoms with Gasteiger partial charge in [-0.1, -0.05) is 10.6 Å². The van der Waals surface area contributed by atoms with E-state index < -0.39 is 0 Å². The van der Waals surface area contributed by atoms with Gasteiger partial charge in [-0.25, -0.2) is 0 Å². The van der Waals surface area contributed by atoms with Crippen molar-refractivity contribution in [2.24, 2.45) is 0 Å². The Morgan fingerprint density at radius 3 is 2.78 bits per heavy atom. The highest BCUT2D eigenvalue weighted by Gasteiger charge is 2.25. The van der Waals surface area contributed by atoms with Gasteiger partial charge in [0, 0.05) is 36.9 Å². The fraction of sp³-hybridized carbons (Fsp3) is 0.529. The number of benzene rings is 1. The molecule has 1 aromatic carbocycles. The molecule has 1 N–H and O–H groups in total. The minimum atomic E-state index is 0.410. The number of nitrogens with one attached hydrogen (secondary N) is 1. The van der Waals surface area contributed by atoms with Gasteiger partial charge >= 0.3 is 0 Å². The number of anilines is 1. The Bertz CT molecular complexity index is 637. The zero-order valence-electron chi connectivity index (χ0n) is 14.0. The maximum atomic E-state index is 5.29. The molecule has 2 heterocycles. The van der Waals surface area contributed by atoms with Crippen molar-refractivity contribution < 1.29 is 4.74 Å². The van der Waals surface area contributed by atoms with Gasteiger partial charge in [-0.15, -0.1) is 5.10 Å². The van der Waals surface area contributed by atoms with Crippen molar-refractivity contribution in [1.82, 2.24) is 14.5 Å². The fourth-order valence-corrected chi connectivity index (χ4v) is 3.89. The van der Waals surface area contributed by atoms with Crippen molar-refractivity contribution in [3.05, 3.63) is 34.8 Å². The Labute approximate surface area is 141 Å². The molecule has 1 unspecified atom stereocenters. The van der Waals surface area contributed by atoms with Crippen molar-refractivity contribution in [3.8, 4) is 5.75 Å². The molecule has 0 radical (unpaired) electrons. The standard InChI is InChI=1S/C17H24N4OS/c1-12-17(23-20-19-12)13(2)21-9-7-14(8-10-21)18-15-5-4-6-16(11-15)22-3/h4-6,11,13-14,18H,7-10H2,1-3H3. The number of methoxy groups -OCH3 is 1. The van der Waals surface area contributed by atoms with Gasteiger partial charge in [-0.2, -0.15) is 0 Å². The molecule has 2 aromatic rings. The van der Waals surface area contributed by atoms with E-state index in [1.54, 1.807) is 7.11 Å². The lowest BCUT2D eigenvalue weighted by atomic mass is 10.0. The molecule has 1 aromatic heterocycles. The highest BCUT2D eigenvalue weighted by Crippen LogP contribution is 2.29. The Hall–Kier alpha value is -1.66. The van der Waals surface area contributed by atoms with Crippen LogP contribution in [0.1, 0.15) is 36.4 Å². The van der Waals surface area contributed by atoms with Crippen LogP contribution in [0.25, 0.3) is 0 Å². The summed E-state index contributed by atoms with van der Waals surface area (Å²) in [5.74, 6) is 0.897. The van der Waals surface area contributed by atoms with Crippen molar-refractivity contribution >= 4 is 17.2 Å². The van der Waals surface area contributed by atoms with E-state index >= 15 is 0 Å². The molecule has 6 heteroatoms. The predicted octanol–water partition coefficient (Wildman–Crippen LogP) is 3.49. The molecule has 3 rings (SSSR count). The predicted molar refractivity (Wildman–Crippen MR) is 94.3 cm³/mol. The van der Waals surface area contributed by atoms with Crippen molar-refractivity contribution in [2.45, 2.75) is 38.8 Å². The first-order valence-corrected chi connectivity index (χ1v) is 8.88. The third-order valence-electron chi connectivity index (χ3n) is 4.58. The van der Waals surface area contributed by atoms with Crippen LogP contribution in [0, 0.1) is 6.92 Å². The maximum absolute atomic E-state index is 5.29. The molecule has 0 aliphatic carbocycles. The van der Waals surface area contributed by atoms with Gasteiger partial charge in [-0.3, -0.25) is 4.90 Å². The fourth-order valence-electron chi connectivity index (χ4n) is 3.17. The minimum absolute atomic E-state index is 0.410. The van der Waals surface area contributed by atoms with E-state index in [1.165, 1.54) is 16.4 Å². The maximum Gasteiger partial charge on any atom is 0.120 e. The van der Waals surface area contributed by atoms with Crippen LogP contribution in [0.2, 0.25) is 0 Å². The normalized spacial score (nSPS) is 17.9. The van der Waals surface area contributed by atoms with Gasteiger partial charge in [0.05, 0.1) is 17.7 Å². The summed E-state index contributed by atoms with van der Waals surface area (Å²) >= 11 is 1.53. The number of aromatic nitrogens is 2. The topological polar surface area (TPSA) is 50.3 Å². The molecule has 1 fully saturated rings. The van der Waals surface area contributed by atoms with Gasteiger partial charge in [0.1, 0.15) is 5.75 Å². The van der Waals surface area contributed by atoms with E-state index in [9.17, 15) is 0 Å². The molecule has 124 valence electrons. The van der Waals surface area contributed by atoms with Crippen molar-refractivity contribution in [3.63, 3.8) is 0 Å². The number of hydrogen-bond acceptors (Lipinski definition) is 6. The first-order chi connectivity index (χ1) is 11.2. The smallest absolute Gasteiger partial charge is 0.120 e. The number of likely N-dealkylation sites (tertiary alicyclic amines) is 1. The van der Waals surface area contributed by atoms with Crippen LogP contribution in [-0.4, -0.2) is 40.7 Å². The lowest BCUT2D eigenvalue weighted by Gasteiger charge is -2.36. The molecule has 0 spiro atoms. The zero-order valence-corrected chi connectivity index (χ0v) is 14.8. The number of piperidine rings is 1. The van der Waals surface area contributed by atoms with E-state index in [-0.39, 0.29) is 0 Å². The van der Waals surface area contributed by atoms with Gasteiger partial charge in [-0.05, 0) is 50.4 Å². The second-order valence-corrected chi connectivity index (χ2v) is 6.87.